The van der Waals surface area contributed by atoms with Crippen LogP contribution in [0.15, 0.2) is 24.8 Å². The Labute approximate surface area is 113 Å². The van der Waals surface area contributed by atoms with E-state index in [4.69, 9.17) is 18.9 Å². The van der Waals surface area contributed by atoms with Crippen LogP contribution in [0.25, 0.3) is 0 Å². The molecule has 0 aromatic heterocycles. The Morgan fingerprint density at radius 3 is 2.53 bits per heavy atom. The molecule has 0 radical (unpaired) electrons. The Kier molecular flexibility index (Phi) is 9.38. The summed E-state index contributed by atoms with van der Waals surface area (Å²) in [5, 5.41) is 0. The van der Waals surface area contributed by atoms with E-state index in [1.54, 1.807) is 13.8 Å². The van der Waals surface area contributed by atoms with Crippen molar-refractivity contribution in [3.8, 4) is 0 Å². The molecule has 0 N–H and O–H groups in total. The molecule has 0 saturated heterocycles. The van der Waals surface area contributed by atoms with E-state index in [2.05, 4.69) is 13.2 Å². The molecular formula is C13H20O6. The minimum Gasteiger partial charge on any atom is -0.460 e. The van der Waals surface area contributed by atoms with E-state index in [0.29, 0.717) is 12.2 Å². The normalized spacial score (nSPS) is 11.5. The summed E-state index contributed by atoms with van der Waals surface area (Å²) in [5.74, 6) is -1.06. The molecule has 0 aromatic rings. The van der Waals surface area contributed by atoms with E-state index in [0.717, 1.165) is 6.08 Å². The van der Waals surface area contributed by atoms with Crippen molar-refractivity contribution in [2.45, 2.75) is 20.1 Å². The van der Waals surface area contributed by atoms with Gasteiger partial charge in [0.15, 0.2) is 0 Å². The molecule has 0 rings (SSSR count). The van der Waals surface area contributed by atoms with Gasteiger partial charge in [-0.15, -0.1) is 0 Å². The van der Waals surface area contributed by atoms with Gasteiger partial charge in [0.05, 0.1) is 6.61 Å². The number of hydrogen-bond acceptors (Lipinski definition) is 6. The fraction of sp³-hybridized carbons (Fsp3) is 0.538. The Morgan fingerprint density at radius 2 is 2.00 bits per heavy atom. The summed E-state index contributed by atoms with van der Waals surface area (Å²) in [6, 6.07) is 0. The second kappa shape index (κ2) is 10.3. The first-order valence-electron chi connectivity index (χ1n) is 5.86. The van der Waals surface area contributed by atoms with Gasteiger partial charge in [0.25, 0.3) is 0 Å². The second-order valence-corrected chi connectivity index (χ2v) is 3.52. The highest BCUT2D eigenvalue weighted by atomic mass is 16.7. The fourth-order valence-corrected chi connectivity index (χ4v) is 0.976. The van der Waals surface area contributed by atoms with Crippen LogP contribution < -0.4 is 0 Å². The molecule has 108 valence electrons. The van der Waals surface area contributed by atoms with Crippen LogP contribution in [0.4, 0.5) is 0 Å². The number of ether oxygens (including phenoxy) is 4. The predicted octanol–water partition coefficient (Wildman–Crippen LogP) is 1.21. The zero-order chi connectivity index (χ0) is 14.7. The molecule has 1 unspecified atom stereocenters. The molecule has 0 heterocycles. The van der Waals surface area contributed by atoms with Crippen molar-refractivity contribution in [3.05, 3.63) is 24.8 Å². The van der Waals surface area contributed by atoms with Gasteiger partial charge in [0, 0.05) is 18.3 Å². The van der Waals surface area contributed by atoms with Gasteiger partial charge < -0.3 is 18.9 Å². The second-order valence-electron chi connectivity index (χ2n) is 3.52. The first kappa shape index (κ1) is 17.3. The summed E-state index contributed by atoms with van der Waals surface area (Å²) < 4.78 is 20.0. The Morgan fingerprint density at radius 1 is 1.32 bits per heavy atom. The van der Waals surface area contributed by atoms with Crippen molar-refractivity contribution < 1.29 is 28.5 Å². The molecule has 0 aromatic carbocycles. The zero-order valence-electron chi connectivity index (χ0n) is 11.3. The van der Waals surface area contributed by atoms with E-state index in [9.17, 15) is 9.59 Å². The van der Waals surface area contributed by atoms with E-state index >= 15 is 0 Å². The van der Waals surface area contributed by atoms with Crippen molar-refractivity contribution in [2.75, 3.05) is 26.4 Å². The third-order valence-electron chi connectivity index (χ3n) is 1.83. The van der Waals surface area contributed by atoms with Gasteiger partial charge in [-0.1, -0.05) is 13.2 Å². The highest BCUT2D eigenvalue weighted by molar-refractivity contribution is 5.86. The lowest BCUT2D eigenvalue weighted by molar-refractivity contribution is -0.185. The third kappa shape index (κ3) is 8.98. The molecule has 0 aliphatic rings. The summed E-state index contributed by atoms with van der Waals surface area (Å²) >= 11 is 0. The van der Waals surface area contributed by atoms with Crippen LogP contribution in [-0.4, -0.2) is 44.7 Å². The van der Waals surface area contributed by atoms with Crippen LogP contribution in [0.1, 0.15) is 13.8 Å². The fourth-order valence-electron chi connectivity index (χ4n) is 0.976. The molecule has 0 spiro atoms. The van der Waals surface area contributed by atoms with Crippen LogP contribution in [0.3, 0.4) is 0 Å². The summed E-state index contributed by atoms with van der Waals surface area (Å²) in [6.45, 7) is 10.8. The topological polar surface area (TPSA) is 71.1 Å². The molecule has 0 bridgehead atoms. The molecule has 0 fully saturated rings. The van der Waals surface area contributed by atoms with Gasteiger partial charge in [0.1, 0.15) is 13.2 Å². The van der Waals surface area contributed by atoms with Gasteiger partial charge in [-0.05, 0) is 13.8 Å². The minimum atomic E-state index is -0.799. The Hall–Kier alpha value is -1.66. The molecular weight excluding hydrogens is 252 g/mol. The quantitative estimate of drug-likeness (QED) is 0.258. The molecule has 6 heteroatoms. The average Bonchev–Trinajstić information content (AvgIpc) is 2.37. The first-order valence-corrected chi connectivity index (χ1v) is 5.86. The summed E-state index contributed by atoms with van der Waals surface area (Å²) in [6.07, 6.45) is 0.244. The van der Waals surface area contributed by atoms with Crippen molar-refractivity contribution in [1.82, 2.24) is 0 Å². The third-order valence-corrected chi connectivity index (χ3v) is 1.83. The van der Waals surface area contributed by atoms with E-state index in [-0.39, 0.29) is 19.8 Å². The molecule has 0 aliphatic carbocycles. The van der Waals surface area contributed by atoms with Crippen molar-refractivity contribution in [2.24, 2.45) is 0 Å². The van der Waals surface area contributed by atoms with Crippen molar-refractivity contribution in [1.29, 1.82) is 0 Å². The average molecular weight is 272 g/mol. The SMILES string of the molecule is C=CC(=O)OC(COCCOC(=O)C(=C)C)OCC. The van der Waals surface area contributed by atoms with Gasteiger partial charge in [-0.25, -0.2) is 9.59 Å². The van der Waals surface area contributed by atoms with Crippen LogP contribution >= 0.6 is 0 Å². The van der Waals surface area contributed by atoms with Crippen LogP contribution in [0.5, 0.6) is 0 Å². The van der Waals surface area contributed by atoms with E-state index < -0.39 is 18.2 Å². The highest BCUT2D eigenvalue weighted by Crippen LogP contribution is 1.98. The molecule has 6 nitrogen and oxygen atoms in total. The molecule has 0 saturated carbocycles. The summed E-state index contributed by atoms with van der Waals surface area (Å²) in [7, 11) is 0. The molecule has 1 atom stereocenters. The van der Waals surface area contributed by atoms with Crippen LogP contribution in [0.2, 0.25) is 0 Å². The summed E-state index contributed by atoms with van der Waals surface area (Å²) in [4.78, 5) is 22.0. The Bertz CT molecular complexity index is 323. The number of carbonyl (C=O) groups is 2. The maximum Gasteiger partial charge on any atom is 0.333 e. The van der Waals surface area contributed by atoms with Crippen molar-refractivity contribution in [3.63, 3.8) is 0 Å². The lowest BCUT2D eigenvalue weighted by Gasteiger charge is -2.16. The molecule has 0 aliphatic heterocycles. The zero-order valence-corrected chi connectivity index (χ0v) is 11.3. The van der Waals surface area contributed by atoms with Crippen LogP contribution in [0, 0.1) is 0 Å². The van der Waals surface area contributed by atoms with Gasteiger partial charge in [-0.3, -0.25) is 0 Å². The van der Waals surface area contributed by atoms with E-state index in [1.165, 1.54) is 0 Å². The van der Waals surface area contributed by atoms with E-state index in [1.807, 2.05) is 0 Å². The van der Waals surface area contributed by atoms with Gasteiger partial charge in [0.2, 0.25) is 6.29 Å². The monoisotopic (exact) mass is 272 g/mol. The highest BCUT2D eigenvalue weighted by Gasteiger charge is 2.12. The van der Waals surface area contributed by atoms with Crippen molar-refractivity contribution >= 4 is 11.9 Å². The Balaban J connectivity index is 3.80. The summed E-state index contributed by atoms with van der Waals surface area (Å²) in [5.41, 5.74) is 0.326. The number of esters is 2. The largest absolute Gasteiger partial charge is 0.460 e. The lowest BCUT2D eigenvalue weighted by Crippen LogP contribution is -2.26. The first-order chi connectivity index (χ1) is 9.01. The molecule has 0 amide bonds. The predicted molar refractivity (Wildman–Crippen MR) is 68.3 cm³/mol. The molecule has 19 heavy (non-hydrogen) atoms. The lowest BCUT2D eigenvalue weighted by atomic mass is 10.4. The van der Waals surface area contributed by atoms with Crippen LogP contribution in [-0.2, 0) is 28.5 Å². The van der Waals surface area contributed by atoms with Gasteiger partial charge >= 0.3 is 11.9 Å². The number of hydrogen-bond donors (Lipinski definition) is 0. The minimum absolute atomic E-state index is 0.0536. The van der Waals surface area contributed by atoms with Gasteiger partial charge in [-0.2, -0.15) is 0 Å². The maximum atomic E-state index is 11.0. The number of rotatable bonds is 10. The number of carbonyl (C=O) groups excluding carboxylic acids is 2. The maximum absolute atomic E-state index is 11.0. The standard InChI is InChI=1S/C13H20O6/c1-5-11(14)19-12(17-6-2)9-16-7-8-18-13(15)10(3)4/h5,12H,1,3,6-9H2,2,4H3. The smallest absolute Gasteiger partial charge is 0.333 e.